The summed E-state index contributed by atoms with van der Waals surface area (Å²) in [5, 5.41) is 10.5. The molecule has 0 aromatic rings. The van der Waals surface area contributed by atoms with E-state index in [1.807, 2.05) is 0 Å². The van der Waals surface area contributed by atoms with Crippen LogP contribution in [0.4, 0.5) is 0 Å². The van der Waals surface area contributed by atoms with Gasteiger partial charge in [-0.25, -0.2) is 0 Å². The Morgan fingerprint density at radius 1 is 1.62 bits per heavy atom. The number of likely N-dealkylation sites (N-methyl/N-ethyl adjacent to an activating group) is 1. The molecule has 0 aromatic carbocycles. The normalized spacial score (nSPS) is 12.4. The third-order valence-electron chi connectivity index (χ3n) is 0.780. The molecule has 8 heteroatoms. The maximum atomic E-state index is 10.3. The van der Waals surface area contributed by atoms with Crippen molar-refractivity contribution in [3.63, 3.8) is 0 Å². The Labute approximate surface area is 76.7 Å². The number of hydrogen-bond acceptors (Lipinski definition) is 5. The maximum absolute atomic E-state index is 10.3. The molecular formula is C5H14N2O5S. The van der Waals surface area contributed by atoms with Gasteiger partial charge in [-0.15, -0.1) is 0 Å². The van der Waals surface area contributed by atoms with Gasteiger partial charge >= 0.3 is 0 Å². The van der Waals surface area contributed by atoms with E-state index in [1.165, 1.54) is 7.05 Å². The van der Waals surface area contributed by atoms with E-state index < -0.39 is 16.2 Å². The number of aliphatic hydroxyl groups excluding tert-OH is 1. The Kier molecular flexibility index (Phi) is 7.72. The van der Waals surface area contributed by atoms with Gasteiger partial charge in [0.1, 0.15) is 6.04 Å². The highest BCUT2D eigenvalue weighted by molar-refractivity contribution is 7.85. The Hall–Kier alpha value is -0.700. The van der Waals surface area contributed by atoms with E-state index >= 15 is 0 Å². The lowest BCUT2D eigenvalue weighted by Gasteiger charge is -2.03. The van der Waals surface area contributed by atoms with Crippen LogP contribution < -0.4 is 11.1 Å². The summed E-state index contributed by atoms with van der Waals surface area (Å²) in [5.41, 5.74) is 5.06. The van der Waals surface area contributed by atoms with Crippen molar-refractivity contribution in [3.8, 4) is 0 Å². The molecule has 5 N–H and O–H groups in total. The monoisotopic (exact) mass is 214 g/mol. The number of carbonyl (C=O) groups is 1. The van der Waals surface area contributed by atoms with Crippen molar-refractivity contribution in [1.29, 1.82) is 0 Å². The molecule has 1 amide bonds. The molecule has 1 unspecified atom stereocenters. The summed E-state index contributed by atoms with van der Waals surface area (Å²) in [6.45, 7) is -0.306. The zero-order valence-electron chi connectivity index (χ0n) is 7.39. The largest absolute Gasteiger partial charge is 0.394 e. The molecule has 0 aliphatic heterocycles. The summed E-state index contributed by atoms with van der Waals surface area (Å²) >= 11 is 0. The topological polar surface area (TPSA) is 130 Å². The Balaban J connectivity index is 0. The summed E-state index contributed by atoms with van der Waals surface area (Å²) < 4.78 is 25.9. The van der Waals surface area contributed by atoms with Crippen molar-refractivity contribution in [3.05, 3.63) is 0 Å². The first-order valence-corrected chi connectivity index (χ1v) is 5.07. The van der Waals surface area contributed by atoms with Gasteiger partial charge < -0.3 is 16.2 Å². The average molecular weight is 214 g/mol. The summed E-state index contributed by atoms with van der Waals surface area (Å²) in [5.74, 6) is -0.340. The minimum atomic E-state index is -3.67. The Bertz CT molecular complexity index is 229. The molecular weight excluding hydrogens is 200 g/mol. The van der Waals surface area contributed by atoms with Crippen molar-refractivity contribution in [2.24, 2.45) is 5.73 Å². The van der Waals surface area contributed by atoms with Gasteiger partial charge in [0.2, 0.25) is 5.91 Å². The number of aliphatic hydroxyl groups is 1. The molecule has 0 fully saturated rings. The van der Waals surface area contributed by atoms with Crippen LogP contribution in [0.25, 0.3) is 0 Å². The maximum Gasteiger partial charge on any atom is 0.261 e. The number of rotatable bonds is 2. The summed E-state index contributed by atoms with van der Waals surface area (Å²) in [7, 11) is -2.20. The molecule has 0 spiro atoms. The number of amides is 1. The van der Waals surface area contributed by atoms with Gasteiger partial charge in [-0.1, -0.05) is 0 Å². The van der Waals surface area contributed by atoms with Crippen LogP contribution in [0.15, 0.2) is 0 Å². The fraction of sp³-hybridized carbons (Fsp3) is 0.800. The van der Waals surface area contributed by atoms with Crippen molar-refractivity contribution < 1.29 is 22.9 Å². The van der Waals surface area contributed by atoms with Crippen molar-refractivity contribution in [2.75, 3.05) is 19.9 Å². The molecule has 0 radical (unpaired) electrons. The van der Waals surface area contributed by atoms with E-state index in [4.69, 9.17) is 15.4 Å². The van der Waals surface area contributed by atoms with Crippen molar-refractivity contribution in [1.82, 2.24) is 5.32 Å². The molecule has 0 heterocycles. The van der Waals surface area contributed by atoms with E-state index in [1.54, 1.807) is 0 Å². The highest BCUT2D eigenvalue weighted by atomic mass is 32.2. The van der Waals surface area contributed by atoms with Crippen LogP contribution in [0, 0.1) is 0 Å². The van der Waals surface area contributed by atoms with Crippen LogP contribution in [0.5, 0.6) is 0 Å². The number of nitrogens with one attached hydrogen (secondary N) is 1. The summed E-state index contributed by atoms with van der Waals surface area (Å²) in [6, 6.07) is -0.778. The van der Waals surface area contributed by atoms with Crippen molar-refractivity contribution >= 4 is 16.0 Å². The molecule has 0 aromatic heterocycles. The molecule has 0 aliphatic carbocycles. The van der Waals surface area contributed by atoms with Gasteiger partial charge in [-0.2, -0.15) is 8.42 Å². The van der Waals surface area contributed by atoms with Crippen LogP contribution in [0.2, 0.25) is 0 Å². The van der Waals surface area contributed by atoms with Crippen LogP contribution in [0.3, 0.4) is 0 Å². The molecule has 13 heavy (non-hydrogen) atoms. The van der Waals surface area contributed by atoms with E-state index in [9.17, 15) is 13.2 Å². The number of carbonyl (C=O) groups excluding carboxylic acids is 1. The van der Waals surface area contributed by atoms with Crippen LogP contribution in [-0.2, 0) is 14.9 Å². The predicted molar refractivity (Wildman–Crippen MR) is 46.6 cm³/mol. The standard InChI is InChI=1S/C4H10N2O2.CH4O3S/c1-6-4(8)3(5)2-7;1-5(2,3)4/h3,7H,2,5H2,1H3,(H,6,8);1H3,(H,2,3,4). The highest BCUT2D eigenvalue weighted by Crippen LogP contribution is 1.71. The first-order valence-electron chi connectivity index (χ1n) is 3.22. The van der Waals surface area contributed by atoms with Crippen LogP contribution in [0.1, 0.15) is 0 Å². The lowest BCUT2D eigenvalue weighted by Crippen LogP contribution is -2.41. The van der Waals surface area contributed by atoms with Crippen LogP contribution >= 0.6 is 0 Å². The zero-order valence-corrected chi connectivity index (χ0v) is 8.21. The summed E-state index contributed by atoms with van der Waals surface area (Å²) in [6.07, 6.45) is 0.715. The second-order valence-electron chi connectivity index (χ2n) is 2.14. The Morgan fingerprint density at radius 2 is 1.92 bits per heavy atom. The lowest BCUT2D eigenvalue weighted by atomic mass is 10.3. The first kappa shape index (κ1) is 14.8. The predicted octanol–water partition coefficient (Wildman–Crippen LogP) is -2.44. The molecule has 0 saturated carbocycles. The van der Waals surface area contributed by atoms with Gasteiger partial charge in [0.25, 0.3) is 10.1 Å². The smallest absolute Gasteiger partial charge is 0.261 e. The summed E-state index contributed by atoms with van der Waals surface area (Å²) in [4.78, 5) is 10.3. The SMILES string of the molecule is CNC(=O)C(N)CO.CS(=O)(=O)O. The minimum Gasteiger partial charge on any atom is -0.394 e. The minimum absolute atomic E-state index is 0.306. The van der Waals surface area contributed by atoms with E-state index in [-0.39, 0.29) is 12.5 Å². The molecule has 80 valence electrons. The third kappa shape index (κ3) is 18.3. The molecule has 0 bridgehead atoms. The quantitative estimate of drug-likeness (QED) is 0.378. The Morgan fingerprint density at radius 3 is 2.00 bits per heavy atom. The fourth-order valence-corrected chi connectivity index (χ4v) is 0.268. The highest BCUT2D eigenvalue weighted by Gasteiger charge is 2.07. The van der Waals surface area contributed by atoms with Gasteiger partial charge in [0, 0.05) is 7.05 Å². The average Bonchev–Trinajstić information content (AvgIpc) is 1.98. The number of hydrogen-bond donors (Lipinski definition) is 4. The van der Waals surface area contributed by atoms with Gasteiger partial charge in [0.15, 0.2) is 0 Å². The first-order chi connectivity index (χ1) is 5.72. The zero-order chi connectivity index (χ0) is 11.1. The lowest BCUT2D eigenvalue weighted by molar-refractivity contribution is -0.122. The van der Waals surface area contributed by atoms with E-state index in [2.05, 4.69) is 5.32 Å². The van der Waals surface area contributed by atoms with E-state index in [0.29, 0.717) is 6.26 Å². The molecule has 0 rings (SSSR count). The number of nitrogens with two attached hydrogens (primary N) is 1. The fourth-order valence-electron chi connectivity index (χ4n) is 0.268. The second-order valence-corrected chi connectivity index (χ2v) is 3.60. The van der Waals surface area contributed by atoms with Gasteiger partial charge in [-0.3, -0.25) is 9.35 Å². The van der Waals surface area contributed by atoms with E-state index in [0.717, 1.165) is 0 Å². The second kappa shape index (κ2) is 6.78. The molecule has 0 aliphatic rings. The third-order valence-corrected chi connectivity index (χ3v) is 0.780. The van der Waals surface area contributed by atoms with Gasteiger partial charge in [-0.05, 0) is 0 Å². The molecule has 1 atom stereocenters. The van der Waals surface area contributed by atoms with Crippen LogP contribution in [-0.4, -0.2) is 49.9 Å². The molecule has 7 nitrogen and oxygen atoms in total. The van der Waals surface area contributed by atoms with Gasteiger partial charge in [0.05, 0.1) is 12.9 Å². The van der Waals surface area contributed by atoms with Crippen molar-refractivity contribution in [2.45, 2.75) is 6.04 Å². The molecule has 0 saturated heterocycles.